The summed E-state index contributed by atoms with van der Waals surface area (Å²) in [6.07, 6.45) is 0.570. The second kappa shape index (κ2) is 16.3. The number of hydrogen-bond donors (Lipinski definition) is 3. The summed E-state index contributed by atoms with van der Waals surface area (Å²) < 4.78 is 22.6. The lowest BCUT2D eigenvalue weighted by atomic mass is 9.98. The Labute approximate surface area is 300 Å². The van der Waals surface area contributed by atoms with Crippen molar-refractivity contribution in [1.82, 2.24) is 15.6 Å². The second-order valence-electron chi connectivity index (χ2n) is 13.0. The molecule has 0 bridgehead atoms. The van der Waals surface area contributed by atoms with E-state index >= 15 is 0 Å². The van der Waals surface area contributed by atoms with E-state index in [-0.39, 0.29) is 82.3 Å². The van der Waals surface area contributed by atoms with Crippen LogP contribution in [-0.4, -0.2) is 54.0 Å². The maximum atomic E-state index is 14.3. The Morgan fingerprint density at radius 1 is 0.902 bits per heavy atom. The molecular weight excluding hydrogens is 678 g/mol. The van der Waals surface area contributed by atoms with E-state index in [0.717, 1.165) is 11.8 Å². The molecule has 0 fully saturated rings. The van der Waals surface area contributed by atoms with Crippen LogP contribution in [0.5, 0.6) is 11.5 Å². The number of thioether (sulfide) groups is 1. The lowest BCUT2D eigenvalue weighted by Gasteiger charge is -2.30. The van der Waals surface area contributed by atoms with E-state index in [4.69, 9.17) is 18.6 Å². The van der Waals surface area contributed by atoms with Crippen LogP contribution in [0.1, 0.15) is 91.9 Å². The number of thiocyanates is 1. The quantitative estimate of drug-likeness (QED) is 0.0832. The van der Waals surface area contributed by atoms with E-state index in [9.17, 15) is 29.2 Å². The summed E-state index contributed by atoms with van der Waals surface area (Å²) in [4.78, 5) is 71.7. The largest absolute Gasteiger partial charge is 0.464 e. The summed E-state index contributed by atoms with van der Waals surface area (Å²) in [5.41, 5.74) is 0.266. The number of nitriles is 1. The molecule has 0 unspecified atom stereocenters. The number of hydrogen-bond acceptors (Lipinski definition) is 13. The minimum atomic E-state index is -1.02. The molecule has 0 saturated heterocycles. The standard InChI is InChI=1S/C36H43N5O9S/c1-10-47-35(45)22(12-16(3)4)39-32(42)21-14-24(51-15-37)18(7)29-26(21)41-28-25(33(43)40-23(13-17(5)6)36(46)48-11-2)27-31(19(8)30(28)49-29)50-34(44)20(9)38-27/h14,16-17,22-23,41H,10-13H2,1-9H3,(H,39,42)(H,40,43)/t22-,23+/m1/s1. The third kappa shape index (κ3) is 8.28. The average molecular weight is 722 g/mol. The van der Waals surface area contributed by atoms with Crippen molar-refractivity contribution in [1.29, 1.82) is 5.26 Å². The number of aryl methyl sites for hydroxylation is 2. The number of rotatable bonds is 13. The summed E-state index contributed by atoms with van der Waals surface area (Å²) >= 11 is 0.816. The molecule has 2 aromatic carbocycles. The number of carbonyl (C=O) groups is 4. The number of amides is 2. The number of benzene rings is 2. The van der Waals surface area contributed by atoms with Crippen LogP contribution >= 0.6 is 11.8 Å². The average Bonchev–Trinajstić information content (AvgIpc) is 3.05. The van der Waals surface area contributed by atoms with Gasteiger partial charge in [0, 0.05) is 16.0 Å². The molecule has 4 rings (SSSR count). The molecule has 1 aliphatic heterocycles. The molecule has 0 radical (unpaired) electrons. The van der Waals surface area contributed by atoms with Crippen LogP contribution in [0, 0.1) is 43.3 Å². The molecule has 3 aromatic rings. The predicted molar refractivity (Wildman–Crippen MR) is 190 cm³/mol. The predicted octanol–water partition coefficient (Wildman–Crippen LogP) is 5.95. The number of aromatic nitrogens is 1. The zero-order valence-electron chi connectivity index (χ0n) is 30.2. The summed E-state index contributed by atoms with van der Waals surface area (Å²) in [5.74, 6) is -2.30. The van der Waals surface area contributed by atoms with Gasteiger partial charge in [0.2, 0.25) is 0 Å². The fourth-order valence-corrected chi connectivity index (χ4v) is 6.28. The van der Waals surface area contributed by atoms with E-state index in [0.29, 0.717) is 22.4 Å². The van der Waals surface area contributed by atoms with Gasteiger partial charge in [-0.25, -0.2) is 19.4 Å². The molecular formula is C36H43N5O9S. The molecule has 51 heavy (non-hydrogen) atoms. The smallest absolute Gasteiger partial charge is 0.357 e. The Morgan fingerprint density at radius 3 is 1.98 bits per heavy atom. The van der Waals surface area contributed by atoms with Gasteiger partial charge in [0.1, 0.15) is 28.7 Å². The van der Waals surface area contributed by atoms with Crippen molar-refractivity contribution in [2.45, 2.75) is 92.1 Å². The van der Waals surface area contributed by atoms with Crippen molar-refractivity contribution in [3.05, 3.63) is 44.4 Å². The van der Waals surface area contributed by atoms with Gasteiger partial charge in [-0.3, -0.25) is 9.59 Å². The van der Waals surface area contributed by atoms with E-state index in [1.54, 1.807) is 27.7 Å². The number of ether oxygens (including phenoxy) is 3. The number of nitrogens with one attached hydrogen (secondary N) is 3. The van der Waals surface area contributed by atoms with Gasteiger partial charge in [-0.05, 0) is 77.1 Å². The molecule has 0 aliphatic carbocycles. The van der Waals surface area contributed by atoms with Crippen molar-refractivity contribution in [2.24, 2.45) is 11.8 Å². The van der Waals surface area contributed by atoms with Crippen LogP contribution < -0.4 is 26.3 Å². The van der Waals surface area contributed by atoms with Crippen molar-refractivity contribution in [3.63, 3.8) is 0 Å². The Kier molecular flexibility index (Phi) is 12.4. The molecule has 2 amide bonds. The van der Waals surface area contributed by atoms with E-state index in [1.165, 1.54) is 13.0 Å². The molecule has 2 heterocycles. The van der Waals surface area contributed by atoms with Crippen molar-refractivity contribution >= 4 is 58.0 Å². The number of nitrogens with zero attached hydrogens (tertiary/aromatic N) is 2. The van der Waals surface area contributed by atoms with E-state index in [1.807, 2.05) is 33.1 Å². The van der Waals surface area contributed by atoms with Gasteiger partial charge in [0.15, 0.2) is 17.1 Å². The zero-order chi connectivity index (χ0) is 37.7. The Bertz CT molecular complexity index is 1980. The number of fused-ring (bicyclic) bond motifs is 3. The minimum Gasteiger partial charge on any atom is -0.464 e. The van der Waals surface area contributed by atoms with Crippen LogP contribution in [0.15, 0.2) is 20.2 Å². The highest BCUT2D eigenvalue weighted by atomic mass is 32.2. The molecule has 2 atom stereocenters. The summed E-state index contributed by atoms with van der Waals surface area (Å²) in [7, 11) is 0. The Morgan fingerprint density at radius 2 is 1.45 bits per heavy atom. The zero-order valence-corrected chi connectivity index (χ0v) is 31.0. The monoisotopic (exact) mass is 721 g/mol. The SMILES string of the molecule is CCOC(=O)[C@H](CC(C)C)NC(=O)c1c2c(c(C)c3oc(=O)c(C)nc13)Oc1c(C)c(SC#N)cc(C(=O)N[C@H](CC(C)C)C(=O)OCC)c1N2. The second-order valence-corrected chi connectivity index (χ2v) is 13.8. The summed E-state index contributed by atoms with van der Waals surface area (Å²) in [5, 5.41) is 20.4. The van der Waals surface area contributed by atoms with Gasteiger partial charge in [0.25, 0.3) is 11.8 Å². The maximum Gasteiger partial charge on any atom is 0.357 e. The van der Waals surface area contributed by atoms with Crippen LogP contribution in [-0.2, 0) is 19.1 Å². The summed E-state index contributed by atoms with van der Waals surface area (Å²) in [6, 6.07) is -0.486. The topological polar surface area (TPSA) is 199 Å². The first-order valence-electron chi connectivity index (χ1n) is 16.7. The van der Waals surface area contributed by atoms with Gasteiger partial charge in [-0.15, -0.1) is 0 Å². The van der Waals surface area contributed by atoms with Crippen molar-refractivity contribution in [3.8, 4) is 16.9 Å². The molecule has 15 heteroatoms. The van der Waals surface area contributed by atoms with Crippen LogP contribution in [0.3, 0.4) is 0 Å². The van der Waals surface area contributed by atoms with E-state index in [2.05, 4.69) is 20.9 Å². The molecule has 0 spiro atoms. The first-order chi connectivity index (χ1) is 24.1. The third-order valence-electron chi connectivity index (χ3n) is 8.11. The molecule has 272 valence electrons. The Balaban J connectivity index is 1.96. The van der Waals surface area contributed by atoms with Crippen LogP contribution in [0.25, 0.3) is 11.1 Å². The normalized spacial score (nSPS) is 12.9. The first kappa shape index (κ1) is 38.7. The number of esters is 2. The minimum absolute atomic E-state index is 0.00811. The highest BCUT2D eigenvalue weighted by molar-refractivity contribution is 8.03. The van der Waals surface area contributed by atoms with Crippen LogP contribution in [0.4, 0.5) is 11.4 Å². The maximum absolute atomic E-state index is 14.3. The molecule has 3 N–H and O–H groups in total. The fraction of sp³-hybridized carbons (Fsp3) is 0.472. The number of carbonyl (C=O) groups excluding carboxylic acids is 4. The molecule has 1 aromatic heterocycles. The third-order valence-corrected chi connectivity index (χ3v) is 8.85. The van der Waals surface area contributed by atoms with Gasteiger partial charge in [-0.1, -0.05) is 27.7 Å². The lowest BCUT2D eigenvalue weighted by Crippen LogP contribution is -2.43. The molecule has 0 saturated carbocycles. The van der Waals surface area contributed by atoms with E-state index < -0.39 is 41.5 Å². The van der Waals surface area contributed by atoms with Gasteiger partial charge in [0.05, 0.1) is 35.7 Å². The van der Waals surface area contributed by atoms with Crippen LogP contribution in [0.2, 0.25) is 0 Å². The van der Waals surface area contributed by atoms with Gasteiger partial charge < -0.3 is 34.6 Å². The fourth-order valence-electron chi connectivity index (χ4n) is 5.76. The number of anilines is 2. The molecule has 1 aliphatic rings. The Hall–Kier alpha value is -5.10. The highest BCUT2D eigenvalue weighted by Crippen LogP contribution is 2.52. The summed E-state index contributed by atoms with van der Waals surface area (Å²) in [6.45, 7) is 16.0. The van der Waals surface area contributed by atoms with Gasteiger partial charge >= 0.3 is 17.6 Å². The van der Waals surface area contributed by atoms with Gasteiger partial charge in [-0.2, -0.15) is 5.26 Å². The lowest BCUT2D eigenvalue weighted by molar-refractivity contribution is -0.146. The highest BCUT2D eigenvalue weighted by Gasteiger charge is 2.36. The molecule has 14 nitrogen and oxygen atoms in total. The first-order valence-corrected chi connectivity index (χ1v) is 17.6. The van der Waals surface area contributed by atoms with Crippen molar-refractivity contribution in [2.75, 3.05) is 18.5 Å². The van der Waals surface area contributed by atoms with Crippen molar-refractivity contribution < 1.29 is 37.8 Å².